The van der Waals surface area contributed by atoms with Crippen LogP contribution in [0, 0.1) is 6.92 Å². The van der Waals surface area contributed by atoms with Crippen LogP contribution in [0.2, 0.25) is 0 Å². The van der Waals surface area contributed by atoms with E-state index in [0.717, 1.165) is 12.1 Å². The molecular weight excluding hydrogens is 284 g/mol. The van der Waals surface area contributed by atoms with Crippen molar-refractivity contribution in [3.05, 3.63) is 23.5 Å². The van der Waals surface area contributed by atoms with Gasteiger partial charge in [0.25, 0.3) is 5.91 Å². The first-order chi connectivity index (χ1) is 10.5. The van der Waals surface area contributed by atoms with Gasteiger partial charge in [0.15, 0.2) is 0 Å². The highest BCUT2D eigenvalue weighted by Crippen LogP contribution is 2.17. The van der Waals surface area contributed by atoms with Gasteiger partial charge < -0.3 is 20.1 Å². The Kier molecular flexibility index (Phi) is 4.85. The van der Waals surface area contributed by atoms with Crippen LogP contribution in [-0.4, -0.2) is 53.4 Å². The van der Waals surface area contributed by atoms with E-state index in [-0.39, 0.29) is 24.3 Å². The SMILES string of the molecule is CNC(=O)C1CCCN1C(=O)CNC(=O)c1ccc(C)n1C. The summed E-state index contributed by atoms with van der Waals surface area (Å²) in [4.78, 5) is 37.6. The van der Waals surface area contributed by atoms with Crippen molar-refractivity contribution >= 4 is 17.7 Å². The Morgan fingerprint density at radius 1 is 1.32 bits per heavy atom. The van der Waals surface area contributed by atoms with Crippen molar-refractivity contribution in [2.75, 3.05) is 20.1 Å². The summed E-state index contributed by atoms with van der Waals surface area (Å²) in [6.45, 7) is 2.35. The number of carbonyl (C=O) groups is 3. The Balaban J connectivity index is 1.94. The van der Waals surface area contributed by atoms with Crippen molar-refractivity contribution in [1.29, 1.82) is 0 Å². The van der Waals surface area contributed by atoms with Gasteiger partial charge in [-0.1, -0.05) is 0 Å². The molecule has 1 saturated heterocycles. The monoisotopic (exact) mass is 306 g/mol. The lowest BCUT2D eigenvalue weighted by atomic mass is 10.2. The third kappa shape index (κ3) is 3.13. The summed E-state index contributed by atoms with van der Waals surface area (Å²) in [6, 6.07) is 3.14. The number of nitrogens with zero attached hydrogens (tertiary/aromatic N) is 2. The Morgan fingerprint density at radius 2 is 2.05 bits per heavy atom. The molecular formula is C15H22N4O3. The molecule has 0 bridgehead atoms. The summed E-state index contributed by atoms with van der Waals surface area (Å²) in [6.07, 6.45) is 1.46. The molecule has 22 heavy (non-hydrogen) atoms. The number of hydrogen-bond acceptors (Lipinski definition) is 3. The number of likely N-dealkylation sites (tertiary alicyclic amines) is 1. The molecule has 7 heteroatoms. The van der Waals surface area contributed by atoms with Gasteiger partial charge in [0.1, 0.15) is 11.7 Å². The van der Waals surface area contributed by atoms with E-state index < -0.39 is 6.04 Å². The summed E-state index contributed by atoms with van der Waals surface area (Å²) >= 11 is 0. The van der Waals surface area contributed by atoms with Crippen LogP contribution in [0.5, 0.6) is 0 Å². The van der Waals surface area contributed by atoms with E-state index in [9.17, 15) is 14.4 Å². The van der Waals surface area contributed by atoms with Crippen LogP contribution in [0.4, 0.5) is 0 Å². The van der Waals surface area contributed by atoms with E-state index in [1.807, 2.05) is 13.0 Å². The number of rotatable bonds is 4. The van der Waals surface area contributed by atoms with Gasteiger partial charge in [-0.15, -0.1) is 0 Å². The molecule has 2 N–H and O–H groups in total. The Morgan fingerprint density at radius 3 is 2.64 bits per heavy atom. The zero-order valence-electron chi connectivity index (χ0n) is 13.2. The van der Waals surface area contributed by atoms with Crippen LogP contribution in [0.15, 0.2) is 12.1 Å². The number of aryl methyl sites for hydroxylation is 1. The summed E-state index contributed by atoms with van der Waals surface area (Å²) in [7, 11) is 3.36. The molecule has 0 saturated carbocycles. The highest BCUT2D eigenvalue weighted by molar-refractivity contribution is 5.96. The summed E-state index contributed by atoms with van der Waals surface area (Å²) in [5, 5.41) is 5.19. The van der Waals surface area contributed by atoms with E-state index in [2.05, 4.69) is 10.6 Å². The van der Waals surface area contributed by atoms with Crippen molar-refractivity contribution < 1.29 is 14.4 Å². The Bertz CT molecular complexity index is 594. The molecule has 0 aliphatic carbocycles. The van der Waals surface area contributed by atoms with Crippen LogP contribution in [0.25, 0.3) is 0 Å². The molecule has 0 radical (unpaired) electrons. The first-order valence-electron chi connectivity index (χ1n) is 7.37. The maximum absolute atomic E-state index is 12.2. The van der Waals surface area contributed by atoms with Crippen molar-refractivity contribution in [2.45, 2.75) is 25.8 Å². The van der Waals surface area contributed by atoms with Crippen LogP contribution < -0.4 is 10.6 Å². The van der Waals surface area contributed by atoms with Crippen LogP contribution >= 0.6 is 0 Å². The van der Waals surface area contributed by atoms with E-state index in [1.54, 1.807) is 24.7 Å². The first kappa shape index (κ1) is 16.1. The molecule has 1 unspecified atom stereocenters. The zero-order valence-corrected chi connectivity index (χ0v) is 13.2. The molecule has 1 atom stereocenters. The molecule has 1 aromatic heterocycles. The molecule has 1 aliphatic heterocycles. The highest BCUT2D eigenvalue weighted by atomic mass is 16.2. The Labute approximate surface area is 129 Å². The van der Waals surface area contributed by atoms with E-state index in [1.165, 1.54) is 4.90 Å². The lowest BCUT2D eigenvalue weighted by Crippen LogP contribution is -2.48. The number of nitrogens with one attached hydrogen (secondary N) is 2. The second-order valence-electron chi connectivity index (χ2n) is 5.46. The minimum atomic E-state index is -0.424. The third-order valence-electron chi connectivity index (χ3n) is 4.13. The molecule has 0 spiro atoms. The summed E-state index contributed by atoms with van der Waals surface area (Å²) < 4.78 is 1.77. The van der Waals surface area contributed by atoms with Gasteiger partial charge in [0.2, 0.25) is 11.8 Å². The van der Waals surface area contributed by atoms with Gasteiger partial charge in [0.05, 0.1) is 6.54 Å². The topological polar surface area (TPSA) is 83.4 Å². The fourth-order valence-corrected chi connectivity index (χ4v) is 2.69. The lowest BCUT2D eigenvalue weighted by molar-refractivity contribution is -0.137. The number of carbonyl (C=O) groups excluding carboxylic acids is 3. The van der Waals surface area contributed by atoms with Gasteiger partial charge in [-0.2, -0.15) is 0 Å². The van der Waals surface area contributed by atoms with Gasteiger partial charge in [-0.05, 0) is 31.9 Å². The van der Waals surface area contributed by atoms with Crippen LogP contribution in [-0.2, 0) is 16.6 Å². The number of likely N-dealkylation sites (N-methyl/N-ethyl adjacent to an activating group) is 1. The van der Waals surface area contributed by atoms with Crippen LogP contribution in [0.1, 0.15) is 29.0 Å². The van der Waals surface area contributed by atoms with Crippen molar-refractivity contribution in [3.63, 3.8) is 0 Å². The fourth-order valence-electron chi connectivity index (χ4n) is 2.69. The largest absolute Gasteiger partial charge is 0.357 e. The minimum absolute atomic E-state index is 0.101. The van der Waals surface area contributed by atoms with Gasteiger partial charge in [-0.3, -0.25) is 14.4 Å². The molecule has 7 nitrogen and oxygen atoms in total. The fraction of sp³-hybridized carbons (Fsp3) is 0.533. The van der Waals surface area contributed by atoms with Gasteiger partial charge in [0, 0.05) is 26.3 Å². The molecule has 3 amide bonds. The number of hydrogen-bond donors (Lipinski definition) is 2. The predicted molar refractivity (Wildman–Crippen MR) is 81.3 cm³/mol. The van der Waals surface area contributed by atoms with Crippen molar-refractivity contribution in [1.82, 2.24) is 20.1 Å². The average molecular weight is 306 g/mol. The highest BCUT2D eigenvalue weighted by Gasteiger charge is 2.33. The smallest absolute Gasteiger partial charge is 0.268 e. The van der Waals surface area contributed by atoms with E-state index >= 15 is 0 Å². The average Bonchev–Trinajstić information content (AvgIpc) is 3.12. The summed E-state index contributed by atoms with van der Waals surface area (Å²) in [5.74, 6) is -0.680. The molecule has 2 heterocycles. The third-order valence-corrected chi connectivity index (χ3v) is 4.13. The molecule has 120 valence electrons. The summed E-state index contributed by atoms with van der Waals surface area (Å²) in [5.41, 5.74) is 1.48. The van der Waals surface area contributed by atoms with Gasteiger partial charge >= 0.3 is 0 Å². The molecule has 1 aromatic rings. The maximum atomic E-state index is 12.2. The predicted octanol–water partition coefficient (Wildman–Crippen LogP) is -0.200. The second-order valence-corrected chi connectivity index (χ2v) is 5.46. The second kappa shape index (κ2) is 6.64. The van der Waals surface area contributed by atoms with E-state index in [0.29, 0.717) is 18.7 Å². The van der Waals surface area contributed by atoms with Crippen molar-refractivity contribution in [2.24, 2.45) is 7.05 Å². The molecule has 0 aromatic carbocycles. The molecule has 1 fully saturated rings. The zero-order chi connectivity index (χ0) is 16.3. The number of amides is 3. The standard InChI is InChI=1S/C15H22N4O3/c1-10-6-7-11(18(10)3)15(22)17-9-13(20)19-8-4-5-12(19)14(21)16-2/h6-7,12H,4-5,8-9H2,1-3H3,(H,16,21)(H,17,22). The normalized spacial score (nSPS) is 17.4. The maximum Gasteiger partial charge on any atom is 0.268 e. The van der Waals surface area contributed by atoms with Crippen molar-refractivity contribution in [3.8, 4) is 0 Å². The number of aromatic nitrogens is 1. The molecule has 1 aliphatic rings. The van der Waals surface area contributed by atoms with Gasteiger partial charge in [-0.25, -0.2) is 0 Å². The first-order valence-corrected chi connectivity index (χ1v) is 7.37. The van der Waals surface area contributed by atoms with E-state index in [4.69, 9.17) is 0 Å². The van der Waals surface area contributed by atoms with Crippen LogP contribution in [0.3, 0.4) is 0 Å². The minimum Gasteiger partial charge on any atom is -0.357 e. The lowest BCUT2D eigenvalue weighted by Gasteiger charge is -2.23. The quantitative estimate of drug-likeness (QED) is 0.808. The Hall–Kier alpha value is -2.31. The molecule has 2 rings (SSSR count).